The highest BCUT2D eigenvalue weighted by Crippen LogP contribution is 2.29. The van der Waals surface area contributed by atoms with Crippen molar-refractivity contribution in [3.8, 4) is 0 Å². The Bertz CT molecular complexity index is 1450. The fourth-order valence-corrected chi connectivity index (χ4v) is 7.56. The average Bonchev–Trinajstić information content (AvgIpc) is 3.53. The molecule has 2 aromatic heterocycles. The number of amides is 1. The molecule has 0 radical (unpaired) electrons. The first kappa shape index (κ1) is 27.2. The molecular weight excluding hydrogens is 531 g/mol. The normalized spacial score (nSPS) is 12.6. The van der Waals surface area contributed by atoms with E-state index < -0.39 is 16.3 Å². The van der Waals surface area contributed by atoms with Gasteiger partial charge in [-0.3, -0.25) is 9.52 Å². The van der Waals surface area contributed by atoms with Crippen LogP contribution in [0.25, 0.3) is 10.9 Å². The van der Waals surface area contributed by atoms with Crippen LogP contribution in [0.3, 0.4) is 0 Å². The first-order valence-electron chi connectivity index (χ1n) is 11.5. The van der Waals surface area contributed by atoms with Crippen LogP contribution >= 0.6 is 23.1 Å². The topological polar surface area (TPSA) is 110 Å². The van der Waals surface area contributed by atoms with E-state index >= 15 is 0 Å². The molecule has 11 heteroatoms. The van der Waals surface area contributed by atoms with Crippen LogP contribution in [-0.2, 0) is 25.2 Å². The molecule has 4 rings (SSSR count). The Morgan fingerprint density at radius 2 is 1.84 bits per heavy atom. The van der Waals surface area contributed by atoms with Gasteiger partial charge in [0.25, 0.3) is 15.9 Å². The molecule has 3 N–H and O–H groups in total. The number of carbonyl (C=O) groups excluding carboxylic acids is 1. The molecule has 0 aliphatic heterocycles. The highest BCUT2D eigenvalue weighted by molar-refractivity contribution is 7.99. The number of para-hydroxylation sites is 1. The summed E-state index contributed by atoms with van der Waals surface area (Å²) in [6.45, 7) is 2.07. The van der Waals surface area contributed by atoms with Gasteiger partial charge in [0.2, 0.25) is 0 Å². The Morgan fingerprint density at radius 1 is 1.08 bits per heavy atom. The van der Waals surface area contributed by atoms with Gasteiger partial charge in [0.15, 0.2) is 6.29 Å². The van der Waals surface area contributed by atoms with Crippen molar-refractivity contribution in [2.24, 2.45) is 0 Å². The van der Waals surface area contributed by atoms with Crippen molar-refractivity contribution >= 4 is 55.6 Å². The van der Waals surface area contributed by atoms with E-state index in [1.54, 1.807) is 62.6 Å². The number of anilines is 1. The third kappa shape index (κ3) is 6.55. The van der Waals surface area contributed by atoms with Gasteiger partial charge in [-0.05, 0) is 41.6 Å². The van der Waals surface area contributed by atoms with E-state index in [0.717, 1.165) is 28.0 Å². The van der Waals surface area contributed by atoms with Crippen molar-refractivity contribution in [1.82, 2.24) is 10.3 Å². The fraction of sp³-hybridized carbons (Fsp3) is 0.269. The number of hydrogen-bond acceptors (Lipinski definition) is 7. The zero-order valence-electron chi connectivity index (χ0n) is 20.7. The Hall–Kier alpha value is -2.83. The van der Waals surface area contributed by atoms with Gasteiger partial charge in [0, 0.05) is 31.9 Å². The molecule has 1 unspecified atom stereocenters. The second-order valence-corrected chi connectivity index (χ2v) is 12.4. The van der Waals surface area contributed by atoms with Crippen molar-refractivity contribution in [2.45, 2.75) is 28.4 Å². The van der Waals surface area contributed by atoms with Crippen LogP contribution in [0.5, 0.6) is 0 Å². The number of methoxy groups -OCH3 is 2. The molecule has 0 aliphatic carbocycles. The van der Waals surface area contributed by atoms with Gasteiger partial charge in [-0.15, -0.1) is 23.1 Å². The predicted molar refractivity (Wildman–Crippen MR) is 150 cm³/mol. The molecule has 37 heavy (non-hydrogen) atoms. The SMILES string of the molecule is COC(OC)C(CNC(=O)c1cc2cccc(NS(=O)(=O)c3sccc3C)c2[nH]1)SCc1ccccc1. The molecule has 0 saturated carbocycles. The van der Waals surface area contributed by atoms with Gasteiger partial charge in [-0.25, -0.2) is 8.42 Å². The van der Waals surface area contributed by atoms with Crippen LogP contribution in [0.2, 0.25) is 0 Å². The summed E-state index contributed by atoms with van der Waals surface area (Å²) < 4.78 is 39.7. The van der Waals surface area contributed by atoms with Crippen LogP contribution in [-0.4, -0.2) is 51.6 Å². The first-order valence-corrected chi connectivity index (χ1v) is 14.9. The minimum absolute atomic E-state index is 0.153. The number of aromatic amines is 1. The minimum Gasteiger partial charge on any atom is -0.355 e. The lowest BCUT2D eigenvalue weighted by molar-refractivity contribution is -0.101. The molecule has 2 aromatic carbocycles. The molecule has 1 atom stereocenters. The maximum atomic E-state index is 13.0. The Morgan fingerprint density at radius 3 is 2.51 bits per heavy atom. The number of ether oxygens (including phenoxy) is 2. The van der Waals surface area contributed by atoms with E-state index in [0.29, 0.717) is 29.0 Å². The lowest BCUT2D eigenvalue weighted by Gasteiger charge is -2.24. The number of benzene rings is 2. The number of aryl methyl sites for hydroxylation is 1. The second kappa shape index (κ2) is 12.1. The fourth-order valence-electron chi connectivity index (χ4n) is 3.89. The molecule has 0 saturated heterocycles. The summed E-state index contributed by atoms with van der Waals surface area (Å²) in [6.07, 6.45) is -0.501. The second-order valence-electron chi connectivity index (χ2n) is 8.33. The van der Waals surface area contributed by atoms with Gasteiger partial charge in [-0.1, -0.05) is 42.5 Å². The summed E-state index contributed by atoms with van der Waals surface area (Å²) in [5, 5.41) is 5.26. The van der Waals surface area contributed by atoms with Crippen molar-refractivity contribution in [1.29, 1.82) is 0 Å². The van der Waals surface area contributed by atoms with E-state index in [9.17, 15) is 13.2 Å². The van der Waals surface area contributed by atoms with Gasteiger partial charge in [0.1, 0.15) is 9.90 Å². The third-order valence-corrected chi connectivity index (χ3v) is 10.1. The molecule has 0 aliphatic rings. The van der Waals surface area contributed by atoms with Crippen LogP contribution in [0.1, 0.15) is 21.6 Å². The molecule has 0 spiro atoms. The van der Waals surface area contributed by atoms with Gasteiger partial charge >= 0.3 is 0 Å². The molecule has 0 bridgehead atoms. The third-order valence-electron chi connectivity index (χ3n) is 5.74. The largest absolute Gasteiger partial charge is 0.355 e. The van der Waals surface area contributed by atoms with Crippen molar-refractivity contribution in [2.75, 3.05) is 25.5 Å². The number of thioether (sulfide) groups is 1. The van der Waals surface area contributed by atoms with E-state index in [-0.39, 0.29) is 15.4 Å². The quantitative estimate of drug-likeness (QED) is 0.211. The zero-order chi connectivity index (χ0) is 26.4. The number of aromatic nitrogens is 1. The number of thiophene rings is 1. The highest BCUT2D eigenvalue weighted by Gasteiger charge is 2.24. The maximum absolute atomic E-state index is 13.0. The monoisotopic (exact) mass is 559 g/mol. The van der Waals surface area contributed by atoms with E-state index in [2.05, 4.69) is 15.0 Å². The molecule has 4 aromatic rings. The summed E-state index contributed by atoms with van der Waals surface area (Å²) in [7, 11) is -0.605. The molecule has 8 nitrogen and oxygen atoms in total. The number of fused-ring (bicyclic) bond motifs is 1. The summed E-state index contributed by atoms with van der Waals surface area (Å²) in [5.41, 5.74) is 3.08. The molecule has 196 valence electrons. The summed E-state index contributed by atoms with van der Waals surface area (Å²) in [4.78, 5) is 16.1. The molecular formula is C26H29N3O5S3. The zero-order valence-corrected chi connectivity index (χ0v) is 23.1. The van der Waals surface area contributed by atoms with Crippen molar-refractivity contribution < 1.29 is 22.7 Å². The molecule has 2 heterocycles. The van der Waals surface area contributed by atoms with Gasteiger partial charge < -0.3 is 19.8 Å². The van der Waals surface area contributed by atoms with Crippen LogP contribution in [0, 0.1) is 6.92 Å². The minimum atomic E-state index is -3.75. The van der Waals surface area contributed by atoms with Crippen molar-refractivity contribution in [3.05, 3.63) is 82.9 Å². The van der Waals surface area contributed by atoms with E-state index in [1.165, 1.54) is 0 Å². The van der Waals surface area contributed by atoms with Crippen LogP contribution < -0.4 is 10.0 Å². The Balaban J connectivity index is 1.48. The average molecular weight is 560 g/mol. The Kier molecular flexibility index (Phi) is 8.93. The first-order chi connectivity index (χ1) is 17.8. The van der Waals surface area contributed by atoms with Gasteiger partial charge in [0.05, 0.1) is 16.5 Å². The van der Waals surface area contributed by atoms with Crippen LogP contribution in [0.4, 0.5) is 5.69 Å². The summed E-state index contributed by atoms with van der Waals surface area (Å²) in [6, 6.07) is 18.7. The van der Waals surface area contributed by atoms with Crippen molar-refractivity contribution in [3.63, 3.8) is 0 Å². The van der Waals surface area contributed by atoms with E-state index in [4.69, 9.17) is 9.47 Å². The van der Waals surface area contributed by atoms with E-state index in [1.807, 2.05) is 36.4 Å². The standard InChI is InChI=1S/C26H29N3O5S3/c1-17-12-13-35-26(17)37(31,32)29-20-11-7-10-19-14-21(28-23(19)20)24(30)27-15-22(25(33-2)34-3)36-16-18-8-5-4-6-9-18/h4-14,22,25,28-29H,15-16H2,1-3H3,(H,27,30). The number of H-pyrrole nitrogens is 1. The van der Waals surface area contributed by atoms with Crippen LogP contribution in [0.15, 0.2) is 70.3 Å². The number of carbonyl (C=O) groups is 1. The number of hydrogen-bond donors (Lipinski definition) is 3. The van der Waals surface area contributed by atoms with Gasteiger partial charge in [-0.2, -0.15) is 0 Å². The molecule has 0 fully saturated rings. The lowest BCUT2D eigenvalue weighted by atomic mass is 10.2. The number of sulfonamides is 1. The lowest BCUT2D eigenvalue weighted by Crippen LogP contribution is -2.39. The summed E-state index contributed by atoms with van der Waals surface area (Å²) >= 11 is 2.79. The maximum Gasteiger partial charge on any atom is 0.271 e. The number of nitrogens with one attached hydrogen (secondary N) is 3. The smallest absolute Gasteiger partial charge is 0.271 e. The summed E-state index contributed by atoms with van der Waals surface area (Å²) in [5.74, 6) is 0.430. The highest BCUT2D eigenvalue weighted by atomic mass is 32.2. The predicted octanol–water partition coefficient (Wildman–Crippen LogP) is 4.99. The number of rotatable bonds is 12. The molecule has 1 amide bonds. The Labute approximate surface area is 224 Å².